The minimum atomic E-state index is -0.762. The largest absolute Gasteiger partial charge is 0.340 e. The molecule has 1 rings (SSSR count). The fourth-order valence-electron chi connectivity index (χ4n) is 1.36. The van der Waals surface area contributed by atoms with Crippen LogP contribution in [0.4, 0.5) is 0 Å². The van der Waals surface area contributed by atoms with Crippen LogP contribution >= 0.6 is 27.3 Å². The molecular formula is C11H17BrN2OS. The summed E-state index contributed by atoms with van der Waals surface area (Å²) in [6.45, 7) is 4.30. The van der Waals surface area contributed by atoms with E-state index in [1.807, 2.05) is 18.4 Å². The summed E-state index contributed by atoms with van der Waals surface area (Å²) in [4.78, 5) is 13.7. The van der Waals surface area contributed by atoms with Gasteiger partial charge in [0.05, 0.1) is 9.33 Å². The molecule has 5 heteroatoms. The minimum Gasteiger partial charge on any atom is -0.340 e. The third-order valence-electron chi connectivity index (χ3n) is 2.61. The van der Waals surface area contributed by atoms with E-state index in [1.54, 1.807) is 30.2 Å². The summed E-state index contributed by atoms with van der Waals surface area (Å²) >= 11 is 5.02. The summed E-state index contributed by atoms with van der Waals surface area (Å²) in [7, 11) is 1.79. The van der Waals surface area contributed by atoms with Crippen LogP contribution in [0.25, 0.3) is 0 Å². The molecule has 0 aliphatic carbocycles. The fourth-order valence-corrected chi connectivity index (χ4v) is 2.56. The van der Waals surface area contributed by atoms with Crippen LogP contribution in [0.15, 0.2) is 15.2 Å². The van der Waals surface area contributed by atoms with Gasteiger partial charge in [-0.3, -0.25) is 4.79 Å². The van der Waals surface area contributed by atoms with Crippen molar-refractivity contribution < 1.29 is 4.79 Å². The molecule has 0 aromatic carbocycles. The highest BCUT2D eigenvalue weighted by Gasteiger charge is 2.29. The molecule has 1 unspecified atom stereocenters. The van der Waals surface area contributed by atoms with Crippen molar-refractivity contribution in [3.05, 3.63) is 20.8 Å². The first-order chi connectivity index (χ1) is 7.36. The average molecular weight is 305 g/mol. The molecule has 1 heterocycles. The monoisotopic (exact) mass is 304 g/mol. The van der Waals surface area contributed by atoms with Crippen LogP contribution in [0.5, 0.6) is 0 Å². The maximum absolute atomic E-state index is 12.0. The molecule has 0 saturated carbocycles. The van der Waals surface area contributed by atoms with Gasteiger partial charge in [-0.1, -0.05) is 6.92 Å². The van der Waals surface area contributed by atoms with Gasteiger partial charge in [-0.15, -0.1) is 11.3 Å². The smallest absolute Gasteiger partial charge is 0.242 e. The number of rotatable bonds is 4. The van der Waals surface area contributed by atoms with Crippen molar-refractivity contribution in [3.8, 4) is 0 Å². The second-order valence-electron chi connectivity index (χ2n) is 4.19. The first kappa shape index (κ1) is 13.7. The van der Waals surface area contributed by atoms with Gasteiger partial charge in [-0.05, 0) is 46.3 Å². The summed E-state index contributed by atoms with van der Waals surface area (Å²) in [6, 6.07) is 2.02. The lowest BCUT2D eigenvalue weighted by Gasteiger charge is -2.28. The molecule has 0 fully saturated rings. The zero-order chi connectivity index (χ0) is 12.3. The first-order valence-electron chi connectivity index (χ1n) is 5.14. The van der Waals surface area contributed by atoms with Crippen LogP contribution < -0.4 is 5.73 Å². The van der Waals surface area contributed by atoms with Crippen molar-refractivity contribution in [3.63, 3.8) is 0 Å². The molecule has 0 aliphatic rings. The molecular weight excluding hydrogens is 288 g/mol. The van der Waals surface area contributed by atoms with Gasteiger partial charge in [0.15, 0.2) is 0 Å². The lowest BCUT2D eigenvalue weighted by molar-refractivity contribution is -0.135. The Bertz CT molecular complexity index is 376. The summed E-state index contributed by atoms with van der Waals surface area (Å²) in [5.74, 6) is -0.0164. The second-order valence-corrected chi connectivity index (χ2v) is 6.48. The Hall–Kier alpha value is -0.390. The Balaban J connectivity index is 2.65. The molecule has 16 heavy (non-hydrogen) atoms. The number of hydrogen-bond acceptors (Lipinski definition) is 3. The normalized spacial score (nSPS) is 14.6. The van der Waals surface area contributed by atoms with Gasteiger partial charge < -0.3 is 10.6 Å². The van der Waals surface area contributed by atoms with Crippen molar-refractivity contribution in [1.82, 2.24) is 4.90 Å². The number of halogens is 1. The molecule has 0 radical (unpaired) electrons. The molecule has 2 N–H and O–H groups in total. The molecule has 1 atom stereocenters. The highest BCUT2D eigenvalue weighted by Crippen LogP contribution is 2.22. The lowest BCUT2D eigenvalue weighted by Crippen LogP contribution is -2.51. The zero-order valence-electron chi connectivity index (χ0n) is 9.79. The maximum Gasteiger partial charge on any atom is 0.242 e. The molecule has 90 valence electrons. The van der Waals surface area contributed by atoms with E-state index in [-0.39, 0.29) is 5.91 Å². The number of nitrogens with zero attached hydrogens (tertiary/aromatic N) is 1. The van der Waals surface area contributed by atoms with E-state index in [1.165, 1.54) is 0 Å². The highest BCUT2D eigenvalue weighted by atomic mass is 79.9. The van der Waals surface area contributed by atoms with Crippen LogP contribution in [0.1, 0.15) is 25.8 Å². The Labute approximate surface area is 109 Å². The molecule has 0 aliphatic heterocycles. The highest BCUT2D eigenvalue weighted by molar-refractivity contribution is 9.11. The summed E-state index contributed by atoms with van der Waals surface area (Å²) in [5.41, 5.74) is 6.28. The average Bonchev–Trinajstić information content (AvgIpc) is 2.62. The Morgan fingerprint density at radius 2 is 2.31 bits per heavy atom. The van der Waals surface area contributed by atoms with Crippen LogP contribution in [-0.4, -0.2) is 23.4 Å². The van der Waals surface area contributed by atoms with Crippen molar-refractivity contribution in [2.75, 3.05) is 7.05 Å². The van der Waals surface area contributed by atoms with Gasteiger partial charge in [-0.2, -0.15) is 0 Å². The van der Waals surface area contributed by atoms with Gasteiger partial charge in [0, 0.05) is 13.6 Å². The lowest BCUT2D eigenvalue weighted by atomic mass is 9.99. The van der Waals surface area contributed by atoms with Crippen LogP contribution in [0, 0.1) is 0 Å². The maximum atomic E-state index is 12.0. The Morgan fingerprint density at radius 3 is 2.75 bits per heavy atom. The Kier molecular flexibility index (Phi) is 4.52. The zero-order valence-corrected chi connectivity index (χ0v) is 12.2. The van der Waals surface area contributed by atoms with Crippen molar-refractivity contribution in [1.29, 1.82) is 0 Å². The van der Waals surface area contributed by atoms with Crippen molar-refractivity contribution >= 4 is 33.2 Å². The standard InChI is InChI=1S/C11H17BrN2OS/c1-4-11(2,13)10(15)14(3)6-8-5-9(12)16-7-8/h5,7H,4,6,13H2,1-3H3. The van der Waals surface area contributed by atoms with Gasteiger partial charge in [0.2, 0.25) is 5.91 Å². The summed E-state index contributed by atoms with van der Waals surface area (Å²) in [6.07, 6.45) is 0.642. The topological polar surface area (TPSA) is 46.3 Å². The minimum absolute atomic E-state index is 0.0164. The van der Waals surface area contributed by atoms with Gasteiger partial charge in [0.1, 0.15) is 0 Å². The van der Waals surface area contributed by atoms with E-state index >= 15 is 0 Å². The summed E-state index contributed by atoms with van der Waals surface area (Å²) < 4.78 is 1.08. The predicted molar refractivity (Wildman–Crippen MR) is 71.4 cm³/mol. The van der Waals surface area contributed by atoms with Gasteiger partial charge in [-0.25, -0.2) is 0 Å². The van der Waals surface area contributed by atoms with Crippen molar-refractivity contribution in [2.24, 2.45) is 5.73 Å². The quantitative estimate of drug-likeness (QED) is 0.929. The van der Waals surface area contributed by atoms with Crippen LogP contribution in [0.3, 0.4) is 0 Å². The van der Waals surface area contributed by atoms with E-state index in [2.05, 4.69) is 15.9 Å². The number of nitrogens with two attached hydrogens (primary N) is 1. The molecule has 0 saturated heterocycles. The summed E-state index contributed by atoms with van der Waals surface area (Å²) in [5, 5.41) is 2.04. The third-order valence-corrected chi connectivity index (χ3v) is 4.16. The van der Waals surface area contributed by atoms with Crippen molar-refractivity contribution in [2.45, 2.75) is 32.4 Å². The fraction of sp³-hybridized carbons (Fsp3) is 0.545. The number of likely N-dealkylation sites (N-methyl/N-ethyl adjacent to an activating group) is 1. The molecule has 1 aromatic heterocycles. The van der Waals surface area contributed by atoms with E-state index in [9.17, 15) is 4.79 Å². The van der Waals surface area contributed by atoms with E-state index in [4.69, 9.17) is 5.73 Å². The third kappa shape index (κ3) is 3.30. The first-order valence-corrected chi connectivity index (χ1v) is 6.81. The van der Waals surface area contributed by atoms with E-state index < -0.39 is 5.54 Å². The predicted octanol–water partition coefficient (Wildman–Crippen LogP) is 2.60. The molecule has 1 aromatic rings. The van der Waals surface area contributed by atoms with E-state index in [0.717, 1.165) is 9.35 Å². The molecule has 0 spiro atoms. The molecule has 1 amide bonds. The molecule has 3 nitrogen and oxygen atoms in total. The van der Waals surface area contributed by atoms with Gasteiger partial charge >= 0.3 is 0 Å². The second kappa shape index (κ2) is 5.29. The number of amides is 1. The van der Waals surface area contributed by atoms with Crippen LogP contribution in [-0.2, 0) is 11.3 Å². The molecule has 0 bridgehead atoms. The number of carbonyl (C=O) groups is 1. The SMILES string of the molecule is CCC(C)(N)C(=O)N(C)Cc1csc(Br)c1. The van der Waals surface area contributed by atoms with Crippen LogP contribution in [0.2, 0.25) is 0 Å². The number of thiophene rings is 1. The van der Waals surface area contributed by atoms with Gasteiger partial charge in [0.25, 0.3) is 0 Å². The van der Waals surface area contributed by atoms with E-state index in [0.29, 0.717) is 13.0 Å². The Morgan fingerprint density at radius 1 is 1.69 bits per heavy atom. The number of hydrogen-bond donors (Lipinski definition) is 1. The number of carbonyl (C=O) groups excluding carboxylic acids is 1.